The standard InChI is InChI=1S/C26H25NO4/c1-18-4-2-3-5-24(18)31-23-14-12-21(13-15-23)25(28)27(16-19-6-7-19)17-20-8-10-22(11-9-20)26(29)30/h2-5,8-15,19H,6-7,16-17H2,1H3,(H,29,30). The van der Waals surface area contributed by atoms with E-state index in [-0.39, 0.29) is 11.5 Å². The van der Waals surface area contributed by atoms with E-state index in [1.54, 1.807) is 36.4 Å². The fourth-order valence-corrected chi connectivity index (χ4v) is 3.45. The van der Waals surface area contributed by atoms with E-state index >= 15 is 0 Å². The highest BCUT2D eigenvalue weighted by Gasteiger charge is 2.27. The summed E-state index contributed by atoms with van der Waals surface area (Å²) in [5.41, 5.74) is 2.82. The highest BCUT2D eigenvalue weighted by atomic mass is 16.5. The van der Waals surface area contributed by atoms with Gasteiger partial charge in [-0.1, -0.05) is 30.3 Å². The molecule has 0 aromatic heterocycles. The Morgan fingerprint density at radius 1 is 0.935 bits per heavy atom. The Kier molecular flexibility index (Phi) is 6.03. The predicted octanol–water partition coefficient (Wildman–Crippen LogP) is 5.54. The van der Waals surface area contributed by atoms with Crippen molar-refractivity contribution in [3.63, 3.8) is 0 Å². The van der Waals surface area contributed by atoms with E-state index < -0.39 is 5.97 Å². The molecule has 1 amide bonds. The van der Waals surface area contributed by atoms with Crippen molar-refractivity contribution in [2.45, 2.75) is 26.3 Å². The molecule has 31 heavy (non-hydrogen) atoms. The first kappa shape index (κ1) is 20.7. The summed E-state index contributed by atoms with van der Waals surface area (Å²) in [4.78, 5) is 26.1. The molecule has 5 heteroatoms. The van der Waals surface area contributed by atoms with Gasteiger partial charge in [-0.05, 0) is 79.3 Å². The lowest BCUT2D eigenvalue weighted by Gasteiger charge is -2.23. The molecule has 1 N–H and O–H groups in total. The van der Waals surface area contributed by atoms with Crippen molar-refractivity contribution in [3.05, 3.63) is 95.1 Å². The number of rotatable bonds is 8. The topological polar surface area (TPSA) is 66.8 Å². The second-order valence-corrected chi connectivity index (χ2v) is 8.02. The number of para-hydroxylation sites is 1. The average molecular weight is 415 g/mol. The summed E-state index contributed by atoms with van der Waals surface area (Å²) in [6.07, 6.45) is 2.29. The molecule has 1 fully saturated rings. The number of hydrogen-bond donors (Lipinski definition) is 1. The Morgan fingerprint density at radius 2 is 1.58 bits per heavy atom. The molecule has 0 bridgehead atoms. The third-order valence-electron chi connectivity index (χ3n) is 5.46. The lowest BCUT2D eigenvalue weighted by molar-refractivity contribution is 0.0693. The van der Waals surface area contributed by atoms with Crippen LogP contribution in [0.15, 0.2) is 72.8 Å². The van der Waals surface area contributed by atoms with E-state index in [9.17, 15) is 9.59 Å². The molecular weight excluding hydrogens is 390 g/mol. The molecule has 3 aromatic rings. The number of carboxylic acid groups (broad SMARTS) is 1. The maximum absolute atomic E-state index is 13.2. The molecule has 1 aliphatic rings. The maximum Gasteiger partial charge on any atom is 0.335 e. The Hall–Kier alpha value is -3.60. The molecule has 3 aromatic carbocycles. The summed E-state index contributed by atoms with van der Waals surface area (Å²) >= 11 is 0. The minimum absolute atomic E-state index is 0.0309. The molecule has 1 aliphatic carbocycles. The number of amides is 1. The van der Waals surface area contributed by atoms with Gasteiger partial charge in [0.25, 0.3) is 5.91 Å². The van der Waals surface area contributed by atoms with Crippen molar-refractivity contribution in [2.24, 2.45) is 5.92 Å². The summed E-state index contributed by atoms with van der Waals surface area (Å²) in [7, 11) is 0. The van der Waals surface area contributed by atoms with Crippen molar-refractivity contribution in [2.75, 3.05) is 6.54 Å². The zero-order valence-corrected chi connectivity index (χ0v) is 17.5. The van der Waals surface area contributed by atoms with Gasteiger partial charge in [0.1, 0.15) is 11.5 Å². The Balaban J connectivity index is 1.47. The Labute approximate surface area is 181 Å². The van der Waals surface area contributed by atoms with Crippen LogP contribution in [0.4, 0.5) is 0 Å². The third kappa shape index (κ3) is 5.31. The molecule has 0 heterocycles. The van der Waals surface area contributed by atoms with Crippen LogP contribution in [0.3, 0.4) is 0 Å². The van der Waals surface area contributed by atoms with Gasteiger partial charge in [-0.15, -0.1) is 0 Å². The molecule has 0 radical (unpaired) electrons. The van der Waals surface area contributed by atoms with E-state index in [4.69, 9.17) is 9.84 Å². The Bertz CT molecular complexity index is 1070. The van der Waals surface area contributed by atoms with Crippen molar-refractivity contribution in [3.8, 4) is 11.5 Å². The predicted molar refractivity (Wildman–Crippen MR) is 119 cm³/mol. The second-order valence-electron chi connectivity index (χ2n) is 8.02. The van der Waals surface area contributed by atoms with Crippen LogP contribution >= 0.6 is 0 Å². The summed E-state index contributed by atoms with van der Waals surface area (Å²) in [5, 5.41) is 9.08. The number of benzene rings is 3. The number of carbonyl (C=O) groups is 2. The van der Waals surface area contributed by atoms with Crippen LogP contribution in [0.25, 0.3) is 0 Å². The van der Waals surface area contributed by atoms with E-state index in [2.05, 4.69) is 0 Å². The largest absolute Gasteiger partial charge is 0.478 e. The van der Waals surface area contributed by atoms with Gasteiger partial charge in [-0.25, -0.2) is 4.79 Å². The number of carbonyl (C=O) groups excluding carboxylic acids is 1. The van der Waals surface area contributed by atoms with E-state index in [1.807, 2.05) is 48.2 Å². The van der Waals surface area contributed by atoms with E-state index in [1.165, 1.54) is 0 Å². The van der Waals surface area contributed by atoms with Gasteiger partial charge in [-0.3, -0.25) is 4.79 Å². The van der Waals surface area contributed by atoms with E-state index in [0.29, 0.717) is 30.3 Å². The minimum atomic E-state index is -0.953. The molecule has 0 saturated heterocycles. The van der Waals surface area contributed by atoms with Gasteiger partial charge in [0.2, 0.25) is 0 Å². The van der Waals surface area contributed by atoms with Crippen LogP contribution < -0.4 is 4.74 Å². The molecule has 0 spiro atoms. The molecule has 4 rings (SSSR count). The maximum atomic E-state index is 13.2. The zero-order valence-electron chi connectivity index (χ0n) is 17.5. The summed E-state index contributed by atoms with van der Waals surface area (Å²) < 4.78 is 5.93. The number of aryl methyl sites for hydroxylation is 1. The molecule has 158 valence electrons. The number of carboxylic acids is 1. The second kappa shape index (κ2) is 9.04. The van der Waals surface area contributed by atoms with E-state index in [0.717, 1.165) is 29.7 Å². The van der Waals surface area contributed by atoms with Gasteiger partial charge in [0.05, 0.1) is 5.56 Å². The van der Waals surface area contributed by atoms with Crippen molar-refractivity contribution >= 4 is 11.9 Å². The molecule has 0 unspecified atom stereocenters. The van der Waals surface area contributed by atoms with Crippen LogP contribution in [0.2, 0.25) is 0 Å². The van der Waals surface area contributed by atoms with Crippen LogP contribution in [0, 0.1) is 12.8 Å². The lowest BCUT2D eigenvalue weighted by atomic mass is 10.1. The fourth-order valence-electron chi connectivity index (χ4n) is 3.45. The van der Waals surface area contributed by atoms with Crippen molar-refractivity contribution < 1.29 is 19.4 Å². The fraction of sp³-hybridized carbons (Fsp3) is 0.231. The quantitative estimate of drug-likeness (QED) is 0.525. The van der Waals surface area contributed by atoms with Gasteiger partial charge < -0.3 is 14.7 Å². The zero-order chi connectivity index (χ0) is 21.8. The summed E-state index contributed by atoms with van der Waals surface area (Å²) in [6, 6.07) is 21.7. The van der Waals surface area contributed by atoms with Crippen LogP contribution in [0.1, 0.15) is 44.7 Å². The smallest absolute Gasteiger partial charge is 0.335 e. The average Bonchev–Trinajstić information content (AvgIpc) is 3.59. The normalized spacial score (nSPS) is 12.9. The molecule has 5 nitrogen and oxygen atoms in total. The minimum Gasteiger partial charge on any atom is -0.478 e. The highest BCUT2D eigenvalue weighted by molar-refractivity contribution is 5.94. The lowest BCUT2D eigenvalue weighted by Crippen LogP contribution is -2.32. The molecule has 1 saturated carbocycles. The molecule has 0 atom stereocenters. The first-order valence-electron chi connectivity index (χ1n) is 10.4. The highest BCUT2D eigenvalue weighted by Crippen LogP contribution is 2.31. The van der Waals surface area contributed by atoms with Crippen molar-refractivity contribution in [1.29, 1.82) is 0 Å². The Morgan fingerprint density at radius 3 is 2.19 bits per heavy atom. The molecule has 0 aliphatic heterocycles. The first-order chi connectivity index (χ1) is 15.0. The van der Waals surface area contributed by atoms with Gasteiger partial charge in [0.15, 0.2) is 0 Å². The monoisotopic (exact) mass is 415 g/mol. The van der Waals surface area contributed by atoms with Crippen LogP contribution in [0.5, 0.6) is 11.5 Å². The number of aromatic carboxylic acids is 1. The van der Waals surface area contributed by atoms with Gasteiger partial charge in [0, 0.05) is 18.7 Å². The number of nitrogens with zero attached hydrogens (tertiary/aromatic N) is 1. The SMILES string of the molecule is Cc1ccccc1Oc1ccc(C(=O)N(Cc2ccc(C(=O)O)cc2)CC2CC2)cc1. The first-order valence-corrected chi connectivity index (χ1v) is 10.4. The number of ether oxygens (including phenoxy) is 1. The summed E-state index contributed by atoms with van der Waals surface area (Å²) in [6.45, 7) is 3.16. The van der Waals surface area contributed by atoms with Crippen LogP contribution in [-0.2, 0) is 6.54 Å². The summed E-state index contributed by atoms with van der Waals surface area (Å²) in [5.74, 6) is 1.04. The number of hydrogen-bond acceptors (Lipinski definition) is 3. The van der Waals surface area contributed by atoms with Crippen LogP contribution in [-0.4, -0.2) is 28.4 Å². The third-order valence-corrected chi connectivity index (χ3v) is 5.46. The molecular formula is C26H25NO4. The van der Waals surface area contributed by atoms with Gasteiger partial charge in [-0.2, -0.15) is 0 Å². The van der Waals surface area contributed by atoms with Crippen molar-refractivity contribution in [1.82, 2.24) is 4.90 Å². The van der Waals surface area contributed by atoms with Gasteiger partial charge >= 0.3 is 5.97 Å².